The average molecular weight is 501 g/mol. The highest BCUT2D eigenvalue weighted by molar-refractivity contribution is 6.46. The van der Waals surface area contributed by atoms with E-state index in [-0.39, 0.29) is 24.7 Å². The van der Waals surface area contributed by atoms with Crippen LogP contribution in [-0.2, 0) is 20.9 Å². The second kappa shape index (κ2) is 9.69. The first-order valence-corrected chi connectivity index (χ1v) is 11.4. The maximum atomic E-state index is 13.3. The van der Waals surface area contributed by atoms with Crippen LogP contribution in [0.25, 0.3) is 5.76 Å². The lowest BCUT2D eigenvalue weighted by Crippen LogP contribution is -2.29. The number of fused-ring (bicyclic) bond motifs is 1. The Balaban J connectivity index is 1.59. The Bertz CT molecular complexity index is 1430. The van der Waals surface area contributed by atoms with Crippen LogP contribution in [0.15, 0.2) is 72.3 Å². The van der Waals surface area contributed by atoms with Gasteiger partial charge in [-0.25, -0.2) is 4.79 Å². The van der Waals surface area contributed by atoms with Crippen molar-refractivity contribution in [2.75, 3.05) is 21.0 Å². The summed E-state index contributed by atoms with van der Waals surface area (Å²) in [6, 6.07) is 17.4. The predicted octanol–water partition coefficient (Wildman–Crippen LogP) is 3.83. The molecule has 9 nitrogen and oxygen atoms in total. The molecule has 1 unspecified atom stereocenters. The Kier molecular flexibility index (Phi) is 6.27. The van der Waals surface area contributed by atoms with Crippen LogP contribution in [0.3, 0.4) is 0 Å². The highest BCUT2D eigenvalue weighted by Crippen LogP contribution is 2.42. The summed E-state index contributed by atoms with van der Waals surface area (Å²) < 4.78 is 20.8. The number of esters is 1. The van der Waals surface area contributed by atoms with Crippen molar-refractivity contribution >= 4 is 23.4 Å². The molecule has 37 heavy (non-hydrogen) atoms. The Labute approximate surface area is 212 Å². The number of aliphatic hydroxyl groups excluding tert-OH is 1. The van der Waals surface area contributed by atoms with Gasteiger partial charge in [-0.1, -0.05) is 24.3 Å². The van der Waals surface area contributed by atoms with E-state index < -0.39 is 23.7 Å². The first-order chi connectivity index (χ1) is 17.9. The van der Waals surface area contributed by atoms with E-state index in [1.54, 1.807) is 66.7 Å². The molecule has 1 N–H and O–H groups in total. The molecule has 1 atom stereocenters. The highest BCUT2D eigenvalue weighted by Gasteiger charge is 2.46. The molecule has 3 aromatic rings. The topological polar surface area (TPSA) is 112 Å². The van der Waals surface area contributed by atoms with Crippen LogP contribution in [0.1, 0.15) is 33.1 Å². The molecular weight excluding hydrogens is 478 g/mol. The van der Waals surface area contributed by atoms with Crippen molar-refractivity contribution < 1.29 is 38.4 Å². The Morgan fingerprint density at radius 1 is 0.973 bits per heavy atom. The third-order valence-electron chi connectivity index (χ3n) is 6.32. The minimum Gasteiger partial charge on any atom is -0.507 e. The van der Waals surface area contributed by atoms with E-state index in [0.717, 1.165) is 0 Å². The zero-order valence-corrected chi connectivity index (χ0v) is 20.1. The van der Waals surface area contributed by atoms with Gasteiger partial charge in [0.15, 0.2) is 11.5 Å². The predicted molar refractivity (Wildman–Crippen MR) is 131 cm³/mol. The maximum Gasteiger partial charge on any atom is 0.337 e. The molecule has 1 fully saturated rings. The number of aliphatic hydroxyl groups is 1. The van der Waals surface area contributed by atoms with Crippen LogP contribution in [0.2, 0.25) is 0 Å². The van der Waals surface area contributed by atoms with E-state index in [1.165, 1.54) is 19.1 Å². The number of Topliss-reactive ketones (excluding diaryl/α,β-unsaturated/α-hetero) is 1. The molecule has 2 aliphatic rings. The van der Waals surface area contributed by atoms with Crippen molar-refractivity contribution in [3.63, 3.8) is 0 Å². The lowest BCUT2D eigenvalue weighted by Gasteiger charge is -2.26. The number of rotatable bonds is 6. The van der Waals surface area contributed by atoms with Crippen LogP contribution < -0.4 is 14.2 Å². The van der Waals surface area contributed by atoms with Crippen LogP contribution in [0.5, 0.6) is 17.2 Å². The van der Waals surface area contributed by atoms with Crippen LogP contribution in [0.4, 0.5) is 0 Å². The van der Waals surface area contributed by atoms with Crippen LogP contribution in [0, 0.1) is 0 Å². The zero-order valence-electron chi connectivity index (χ0n) is 20.1. The van der Waals surface area contributed by atoms with Gasteiger partial charge in [-0.15, -0.1) is 0 Å². The zero-order chi connectivity index (χ0) is 26.1. The molecule has 3 aromatic carbocycles. The number of carbonyl (C=O) groups excluding carboxylic acids is 3. The fourth-order valence-electron chi connectivity index (χ4n) is 4.46. The van der Waals surface area contributed by atoms with Crippen molar-refractivity contribution in [2.45, 2.75) is 12.6 Å². The Hall–Kier alpha value is -4.79. The number of benzene rings is 3. The van der Waals surface area contributed by atoms with Crippen LogP contribution in [-0.4, -0.2) is 48.7 Å². The van der Waals surface area contributed by atoms with Crippen LogP contribution >= 0.6 is 0 Å². The molecule has 0 radical (unpaired) electrons. The molecule has 5 rings (SSSR count). The smallest absolute Gasteiger partial charge is 0.337 e. The molecular formula is C28H23NO8. The van der Waals surface area contributed by atoms with Gasteiger partial charge in [0.05, 0.1) is 31.4 Å². The van der Waals surface area contributed by atoms with E-state index in [2.05, 4.69) is 0 Å². The van der Waals surface area contributed by atoms with E-state index >= 15 is 0 Å². The van der Waals surface area contributed by atoms with Gasteiger partial charge in [-0.2, -0.15) is 0 Å². The number of nitrogens with zero attached hydrogens (tertiary/aromatic N) is 1. The summed E-state index contributed by atoms with van der Waals surface area (Å²) in [4.78, 5) is 39.8. The molecule has 0 spiro atoms. The van der Waals surface area contributed by atoms with Crippen molar-refractivity contribution in [1.29, 1.82) is 0 Å². The van der Waals surface area contributed by atoms with Gasteiger partial charge < -0.3 is 29.0 Å². The normalized spacial score (nSPS) is 17.7. The first-order valence-electron chi connectivity index (χ1n) is 11.4. The number of amides is 1. The summed E-state index contributed by atoms with van der Waals surface area (Å²) in [5.41, 5.74) is 1.90. The molecule has 2 heterocycles. The first kappa shape index (κ1) is 23.9. The van der Waals surface area contributed by atoms with E-state index in [1.807, 2.05) is 0 Å². The maximum absolute atomic E-state index is 13.3. The second-order valence-corrected chi connectivity index (χ2v) is 8.46. The fraction of sp³-hybridized carbons (Fsp3) is 0.179. The minimum atomic E-state index is -0.888. The van der Waals surface area contributed by atoms with Crippen molar-refractivity contribution in [3.05, 3.63) is 94.6 Å². The van der Waals surface area contributed by atoms with Crippen molar-refractivity contribution in [2.24, 2.45) is 0 Å². The molecule has 188 valence electrons. The SMILES string of the molecule is COC(=O)c1ccc(CN2C(=O)C(=O)/C(=C(\O)c3ccc4c(c3)OCO4)C2c2cccc(OC)c2)cc1. The van der Waals surface area contributed by atoms with Crippen molar-refractivity contribution in [3.8, 4) is 17.2 Å². The van der Waals surface area contributed by atoms with Gasteiger partial charge in [0, 0.05) is 12.1 Å². The molecule has 9 heteroatoms. The van der Waals surface area contributed by atoms with Gasteiger partial charge in [-0.3, -0.25) is 9.59 Å². The van der Waals surface area contributed by atoms with E-state index in [9.17, 15) is 19.5 Å². The van der Waals surface area contributed by atoms with Gasteiger partial charge in [0.25, 0.3) is 11.7 Å². The number of ether oxygens (including phenoxy) is 4. The Morgan fingerprint density at radius 2 is 1.70 bits per heavy atom. The monoisotopic (exact) mass is 501 g/mol. The molecule has 0 aliphatic carbocycles. The largest absolute Gasteiger partial charge is 0.507 e. The standard InChI is InChI=1S/C28H23NO8/c1-34-20-5-3-4-18(12-20)24-23(25(30)19-10-11-21-22(13-19)37-15-36-21)26(31)27(32)29(24)14-16-6-8-17(9-7-16)28(33)35-2/h3-13,24,30H,14-15H2,1-2H3/b25-23-. The summed E-state index contributed by atoms with van der Waals surface area (Å²) >= 11 is 0. The molecule has 0 saturated carbocycles. The van der Waals surface area contributed by atoms with E-state index in [0.29, 0.717) is 39.5 Å². The number of carbonyl (C=O) groups is 3. The van der Waals surface area contributed by atoms with Gasteiger partial charge in [0.2, 0.25) is 6.79 Å². The summed E-state index contributed by atoms with van der Waals surface area (Å²) in [5.74, 6) is -0.881. The fourth-order valence-corrected chi connectivity index (χ4v) is 4.46. The molecule has 1 amide bonds. The minimum absolute atomic E-state index is 0.0525. The number of likely N-dealkylation sites (tertiary alicyclic amines) is 1. The summed E-state index contributed by atoms with van der Waals surface area (Å²) in [6.45, 7) is 0.119. The molecule has 0 aromatic heterocycles. The summed E-state index contributed by atoms with van der Waals surface area (Å²) in [6.07, 6.45) is 0. The number of hydrogen-bond acceptors (Lipinski definition) is 8. The third-order valence-corrected chi connectivity index (χ3v) is 6.32. The van der Waals surface area contributed by atoms with Gasteiger partial charge >= 0.3 is 5.97 Å². The average Bonchev–Trinajstić information content (AvgIpc) is 3.50. The number of hydrogen-bond donors (Lipinski definition) is 1. The number of ketones is 1. The summed E-state index contributed by atoms with van der Waals surface area (Å²) in [5, 5.41) is 11.3. The summed E-state index contributed by atoms with van der Waals surface area (Å²) in [7, 11) is 2.81. The van der Waals surface area contributed by atoms with Gasteiger partial charge in [0.1, 0.15) is 11.5 Å². The van der Waals surface area contributed by atoms with Gasteiger partial charge in [-0.05, 0) is 53.6 Å². The lowest BCUT2D eigenvalue weighted by atomic mass is 9.95. The molecule has 2 aliphatic heterocycles. The Morgan fingerprint density at radius 3 is 2.43 bits per heavy atom. The molecule has 1 saturated heterocycles. The second-order valence-electron chi connectivity index (χ2n) is 8.46. The van der Waals surface area contributed by atoms with E-state index in [4.69, 9.17) is 18.9 Å². The lowest BCUT2D eigenvalue weighted by molar-refractivity contribution is -0.140. The third kappa shape index (κ3) is 4.35. The molecule has 0 bridgehead atoms. The number of methoxy groups -OCH3 is 2. The quantitative estimate of drug-likeness (QED) is 0.235. The van der Waals surface area contributed by atoms with Crippen molar-refractivity contribution in [1.82, 2.24) is 4.90 Å². The highest BCUT2D eigenvalue weighted by atomic mass is 16.7.